The van der Waals surface area contributed by atoms with E-state index in [1.807, 2.05) is 43.9 Å². The highest BCUT2D eigenvalue weighted by atomic mass is 16.6. The molecule has 4 heteroatoms. The molecule has 0 aromatic heterocycles. The first kappa shape index (κ1) is 25.0. The van der Waals surface area contributed by atoms with E-state index >= 15 is 0 Å². The maximum atomic E-state index is 13.2. The Kier molecular flexibility index (Phi) is 7.61. The number of amides is 1. The van der Waals surface area contributed by atoms with Gasteiger partial charge in [-0.2, -0.15) is 0 Å². The number of ether oxygens (including phenoxy) is 2. The van der Waals surface area contributed by atoms with Crippen LogP contribution in [0.25, 0.3) is 0 Å². The zero-order valence-corrected chi connectivity index (χ0v) is 21.3. The molecular weight excluding hydrogens is 434 g/mol. The molecule has 1 aliphatic heterocycles. The van der Waals surface area contributed by atoms with E-state index in [-0.39, 0.29) is 12.1 Å². The molecule has 1 amide bonds. The fraction of sp³-hybridized carbons (Fsp3) is 0.387. The lowest BCUT2D eigenvalue weighted by Gasteiger charge is -2.42. The summed E-state index contributed by atoms with van der Waals surface area (Å²) in [6.07, 6.45) is 1.68. The van der Waals surface area contributed by atoms with Crippen molar-refractivity contribution in [2.75, 3.05) is 13.2 Å². The summed E-state index contributed by atoms with van der Waals surface area (Å²) in [6, 6.07) is 31.0. The minimum absolute atomic E-state index is 0.0587. The molecule has 35 heavy (non-hydrogen) atoms. The van der Waals surface area contributed by atoms with Crippen LogP contribution in [0.3, 0.4) is 0 Å². The van der Waals surface area contributed by atoms with Crippen LogP contribution in [-0.4, -0.2) is 35.8 Å². The minimum Gasteiger partial charge on any atom is -0.444 e. The smallest absolute Gasteiger partial charge is 0.410 e. The molecular formula is C31H37NO3. The van der Waals surface area contributed by atoms with Crippen molar-refractivity contribution in [1.82, 2.24) is 4.90 Å². The van der Waals surface area contributed by atoms with Crippen LogP contribution >= 0.6 is 0 Å². The number of hydrogen-bond acceptors (Lipinski definition) is 3. The first-order chi connectivity index (χ1) is 16.8. The number of piperidine rings is 1. The zero-order valence-electron chi connectivity index (χ0n) is 21.3. The first-order valence-corrected chi connectivity index (χ1v) is 12.6. The lowest BCUT2D eigenvalue weighted by molar-refractivity contribution is -0.0466. The number of benzene rings is 3. The van der Waals surface area contributed by atoms with E-state index in [1.54, 1.807) is 0 Å². The average molecular weight is 472 g/mol. The van der Waals surface area contributed by atoms with E-state index in [2.05, 4.69) is 79.7 Å². The second-order valence-electron chi connectivity index (χ2n) is 10.6. The lowest BCUT2D eigenvalue weighted by atomic mass is 9.80. The van der Waals surface area contributed by atoms with E-state index < -0.39 is 11.2 Å². The molecule has 1 heterocycles. The Bertz CT molecular complexity index is 980. The Balaban J connectivity index is 1.73. The SMILES string of the molecule is C[C@@H]1CC[C@@H](COC(c2ccccc2)(c2ccccc2)c2ccccc2)N(C(=O)OC(C)(C)C)C1. The summed E-state index contributed by atoms with van der Waals surface area (Å²) in [5, 5.41) is 0. The van der Waals surface area contributed by atoms with Gasteiger partial charge in [0.25, 0.3) is 0 Å². The van der Waals surface area contributed by atoms with E-state index in [4.69, 9.17) is 9.47 Å². The van der Waals surface area contributed by atoms with Crippen molar-refractivity contribution in [2.45, 2.75) is 57.8 Å². The zero-order chi connectivity index (χ0) is 24.9. The van der Waals surface area contributed by atoms with E-state index in [0.29, 0.717) is 19.1 Å². The van der Waals surface area contributed by atoms with Gasteiger partial charge in [-0.3, -0.25) is 0 Å². The Hall–Kier alpha value is -3.11. The highest BCUT2D eigenvalue weighted by molar-refractivity contribution is 5.68. The van der Waals surface area contributed by atoms with E-state index in [0.717, 1.165) is 29.5 Å². The average Bonchev–Trinajstić information content (AvgIpc) is 2.86. The van der Waals surface area contributed by atoms with Gasteiger partial charge in [-0.1, -0.05) is 97.9 Å². The van der Waals surface area contributed by atoms with Crippen molar-refractivity contribution in [3.05, 3.63) is 108 Å². The normalized spacial score (nSPS) is 18.8. The summed E-state index contributed by atoms with van der Waals surface area (Å²) >= 11 is 0. The van der Waals surface area contributed by atoms with Gasteiger partial charge in [0.15, 0.2) is 0 Å². The third-order valence-corrected chi connectivity index (χ3v) is 6.60. The van der Waals surface area contributed by atoms with E-state index in [9.17, 15) is 4.79 Å². The number of rotatable bonds is 6. The van der Waals surface area contributed by atoms with Gasteiger partial charge in [-0.05, 0) is 56.2 Å². The molecule has 0 radical (unpaired) electrons. The van der Waals surface area contributed by atoms with Gasteiger partial charge in [0.1, 0.15) is 11.2 Å². The summed E-state index contributed by atoms with van der Waals surface area (Å²) in [6.45, 7) is 9.01. The van der Waals surface area contributed by atoms with Crippen molar-refractivity contribution in [1.29, 1.82) is 0 Å². The van der Waals surface area contributed by atoms with Gasteiger partial charge in [-0.15, -0.1) is 0 Å². The lowest BCUT2D eigenvalue weighted by Crippen LogP contribution is -2.51. The Morgan fingerprint density at radius 3 is 1.69 bits per heavy atom. The standard InChI is InChI=1S/C31H37NO3/c1-24-20-21-28(32(22-24)29(33)35-30(2,3)4)23-34-31(25-14-8-5-9-15-25,26-16-10-6-11-17-26)27-18-12-7-13-19-27/h5-19,24,28H,20-23H2,1-4H3/t24-,28+/m1/s1. The van der Waals surface area contributed by atoms with Crippen molar-refractivity contribution in [2.24, 2.45) is 5.92 Å². The molecule has 2 atom stereocenters. The molecule has 1 fully saturated rings. The first-order valence-electron chi connectivity index (χ1n) is 12.6. The fourth-order valence-electron chi connectivity index (χ4n) is 4.92. The predicted octanol–water partition coefficient (Wildman–Crippen LogP) is 7.03. The highest BCUT2D eigenvalue weighted by Gasteiger charge is 2.40. The number of carbonyl (C=O) groups is 1. The molecule has 0 saturated carbocycles. The summed E-state index contributed by atoms with van der Waals surface area (Å²) < 4.78 is 12.8. The number of carbonyl (C=O) groups excluding carboxylic acids is 1. The van der Waals surface area contributed by atoms with Gasteiger partial charge in [0.2, 0.25) is 0 Å². The summed E-state index contributed by atoms with van der Waals surface area (Å²) in [5.41, 5.74) is 1.85. The van der Waals surface area contributed by atoms with Crippen molar-refractivity contribution < 1.29 is 14.3 Å². The molecule has 1 aliphatic rings. The van der Waals surface area contributed by atoms with Crippen LogP contribution < -0.4 is 0 Å². The maximum absolute atomic E-state index is 13.2. The van der Waals surface area contributed by atoms with Crippen LogP contribution in [0.1, 0.15) is 57.2 Å². The molecule has 0 unspecified atom stereocenters. The second kappa shape index (κ2) is 10.7. The molecule has 0 aliphatic carbocycles. The molecule has 184 valence electrons. The largest absolute Gasteiger partial charge is 0.444 e. The fourth-order valence-corrected chi connectivity index (χ4v) is 4.92. The summed E-state index contributed by atoms with van der Waals surface area (Å²) in [5.74, 6) is 0.431. The van der Waals surface area contributed by atoms with Crippen LogP contribution in [-0.2, 0) is 15.1 Å². The third-order valence-electron chi connectivity index (χ3n) is 6.60. The maximum Gasteiger partial charge on any atom is 0.410 e. The van der Waals surface area contributed by atoms with Crippen LogP contribution in [0.5, 0.6) is 0 Å². The van der Waals surface area contributed by atoms with Crippen LogP contribution in [0.2, 0.25) is 0 Å². The van der Waals surface area contributed by atoms with Crippen LogP contribution in [0.15, 0.2) is 91.0 Å². The third kappa shape index (κ3) is 5.76. The Labute approximate surface area is 209 Å². The molecule has 3 aromatic carbocycles. The molecule has 0 bridgehead atoms. The quantitative estimate of drug-likeness (QED) is 0.362. The van der Waals surface area contributed by atoms with Gasteiger partial charge >= 0.3 is 6.09 Å². The second-order valence-corrected chi connectivity index (χ2v) is 10.6. The Morgan fingerprint density at radius 1 is 0.800 bits per heavy atom. The van der Waals surface area contributed by atoms with Crippen LogP contribution in [0, 0.1) is 5.92 Å². The molecule has 1 saturated heterocycles. The van der Waals surface area contributed by atoms with Crippen LogP contribution in [0.4, 0.5) is 4.79 Å². The van der Waals surface area contributed by atoms with Crippen molar-refractivity contribution >= 4 is 6.09 Å². The number of likely N-dealkylation sites (tertiary alicyclic amines) is 1. The van der Waals surface area contributed by atoms with Crippen molar-refractivity contribution in [3.63, 3.8) is 0 Å². The molecule has 0 N–H and O–H groups in total. The minimum atomic E-state index is -0.799. The van der Waals surface area contributed by atoms with Gasteiger partial charge in [0.05, 0.1) is 12.6 Å². The topological polar surface area (TPSA) is 38.8 Å². The number of nitrogens with zero attached hydrogens (tertiary/aromatic N) is 1. The van der Waals surface area contributed by atoms with E-state index in [1.165, 1.54) is 0 Å². The van der Waals surface area contributed by atoms with Gasteiger partial charge in [-0.25, -0.2) is 4.79 Å². The molecule has 3 aromatic rings. The van der Waals surface area contributed by atoms with Gasteiger partial charge < -0.3 is 14.4 Å². The van der Waals surface area contributed by atoms with Gasteiger partial charge in [0, 0.05) is 6.54 Å². The molecule has 0 spiro atoms. The molecule has 4 rings (SSSR count). The summed E-state index contributed by atoms with van der Waals surface area (Å²) in [7, 11) is 0. The number of hydrogen-bond donors (Lipinski definition) is 0. The highest BCUT2D eigenvalue weighted by Crippen LogP contribution is 2.41. The predicted molar refractivity (Wildman–Crippen MR) is 140 cm³/mol. The molecule has 4 nitrogen and oxygen atoms in total. The van der Waals surface area contributed by atoms with Crippen molar-refractivity contribution in [3.8, 4) is 0 Å². The summed E-state index contributed by atoms with van der Waals surface area (Å²) in [4.78, 5) is 15.0. The monoisotopic (exact) mass is 471 g/mol. The Morgan fingerprint density at radius 2 is 1.26 bits per heavy atom.